The molecule has 0 aliphatic heterocycles. The first-order valence-corrected chi connectivity index (χ1v) is 21.5. The number of hydrogen-bond donors (Lipinski definition) is 5. The number of aliphatic hydroxyl groups excluding tert-OH is 4. The fraction of sp³-hybridized carbons (Fsp3) is 0.667. The monoisotopic (exact) mass is 798 g/mol. The average Bonchev–Trinajstić information content (AvgIpc) is 3.14. The number of allylic oxidation sites excluding steroid dienone is 8. The summed E-state index contributed by atoms with van der Waals surface area (Å²) in [6.07, 6.45) is 31.1. The Morgan fingerprint density at radius 3 is 1.96 bits per heavy atom. The lowest BCUT2D eigenvalue weighted by atomic mass is 10.0. The Kier molecular flexibility index (Phi) is 34.0. The zero-order valence-electron chi connectivity index (χ0n) is 33.5. The van der Waals surface area contributed by atoms with Crippen LogP contribution in [0.25, 0.3) is 0 Å². The second-order valence-electron chi connectivity index (χ2n) is 13.8. The zero-order valence-corrected chi connectivity index (χ0v) is 34.4. The molecule has 1 unspecified atom stereocenters. The fourth-order valence-corrected chi connectivity index (χ4v) is 5.65. The van der Waals surface area contributed by atoms with E-state index in [0.717, 1.165) is 31.6 Å². The van der Waals surface area contributed by atoms with E-state index in [4.69, 9.17) is 19.1 Å². The lowest BCUT2D eigenvalue weighted by Gasteiger charge is -2.20. The molecular weight excluding hydrogens is 727 g/mol. The molecule has 0 aromatic heterocycles. The van der Waals surface area contributed by atoms with Gasteiger partial charge in [-0.3, -0.25) is 18.6 Å². The van der Waals surface area contributed by atoms with Crippen LogP contribution in [0.2, 0.25) is 0 Å². The highest BCUT2D eigenvalue weighted by atomic mass is 31.2. The van der Waals surface area contributed by atoms with Crippen LogP contribution in [-0.2, 0) is 32.7 Å². The van der Waals surface area contributed by atoms with Crippen molar-refractivity contribution in [3.63, 3.8) is 0 Å². The summed E-state index contributed by atoms with van der Waals surface area (Å²) >= 11 is 0. The third-order valence-electron chi connectivity index (χ3n) is 7.98. The second-order valence-corrected chi connectivity index (χ2v) is 15.3. The quantitative estimate of drug-likeness (QED) is 0.0137. The van der Waals surface area contributed by atoms with Crippen LogP contribution in [0.4, 0.5) is 0 Å². The van der Waals surface area contributed by atoms with Gasteiger partial charge in [0.1, 0.15) is 12.7 Å². The first-order chi connectivity index (χ1) is 26.4. The molecule has 12 nitrogen and oxygen atoms in total. The van der Waals surface area contributed by atoms with Gasteiger partial charge in [-0.25, -0.2) is 4.57 Å². The van der Waals surface area contributed by atoms with Gasteiger partial charge >= 0.3 is 19.8 Å². The highest BCUT2D eigenvalue weighted by Crippen LogP contribution is 2.43. The number of aliphatic hydroxyl groups is 4. The maximum atomic E-state index is 12.6. The second kappa shape index (κ2) is 35.7. The molecule has 0 saturated carbocycles. The highest BCUT2D eigenvalue weighted by Gasteiger charge is 2.27. The molecule has 0 saturated heterocycles. The van der Waals surface area contributed by atoms with Gasteiger partial charge in [0.05, 0.1) is 32.0 Å². The van der Waals surface area contributed by atoms with E-state index < -0.39 is 64.0 Å². The largest absolute Gasteiger partial charge is 0.472 e. The summed E-state index contributed by atoms with van der Waals surface area (Å²) < 4.78 is 32.4. The zero-order chi connectivity index (χ0) is 41.0. The van der Waals surface area contributed by atoms with E-state index in [-0.39, 0.29) is 19.4 Å². The van der Waals surface area contributed by atoms with Gasteiger partial charge < -0.3 is 34.8 Å². The maximum absolute atomic E-state index is 12.6. The fourth-order valence-electron chi connectivity index (χ4n) is 4.86. The summed E-state index contributed by atoms with van der Waals surface area (Å²) in [7, 11) is -4.67. The number of ether oxygens (including phenoxy) is 2. The summed E-state index contributed by atoms with van der Waals surface area (Å²) in [5, 5.41) is 38.3. The van der Waals surface area contributed by atoms with Crippen molar-refractivity contribution in [2.75, 3.05) is 26.4 Å². The number of phosphoric acid groups is 1. The Morgan fingerprint density at radius 1 is 0.691 bits per heavy atom. The van der Waals surface area contributed by atoms with Crippen LogP contribution in [0.15, 0.2) is 72.9 Å². The van der Waals surface area contributed by atoms with Crippen molar-refractivity contribution < 1.29 is 58.0 Å². The van der Waals surface area contributed by atoms with Crippen molar-refractivity contribution in [1.82, 2.24) is 0 Å². The Hall–Kier alpha value is -2.67. The topological polar surface area (TPSA) is 189 Å². The molecule has 0 aromatic rings. The minimum Gasteiger partial charge on any atom is -0.462 e. The summed E-state index contributed by atoms with van der Waals surface area (Å²) in [6.45, 7) is 4.19. The molecule has 0 aliphatic carbocycles. The van der Waals surface area contributed by atoms with Gasteiger partial charge in [-0.05, 0) is 44.4 Å². The normalized spacial score (nSPS) is 15.9. The third-order valence-corrected chi connectivity index (χ3v) is 8.93. The van der Waals surface area contributed by atoms with E-state index in [9.17, 15) is 34.4 Å². The molecule has 0 rings (SSSR count). The van der Waals surface area contributed by atoms with Crippen molar-refractivity contribution in [1.29, 1.82) is 0 Å². The molecule has 0 aromatic carbocycles. The number of unbranched alkanes of at least 4 members (excludes halogenated alkanes) is 8. The molecule has 0 fully saturated rings. The van der Waals surface area contributed by atoms with Crippen LogP contribution >= 0.6 is 7.82 Å². The summed E-state index contributed by atoms with van der Waals surface area (Å²) in [6, 6.07) is 0. The number of phosphoric ester groups is 1. The predicted molar refractivity (Wildman–Crippen MR) is 217 cm³/mol. The lowest BCUT2D eigenvalue weighted by molar-refractivity contribution is -0.161. The van der Waals surface area contributed by atoms with Crippen molar-refractivity contribution in [3.8, 4) is 0 Å². The van der Waals surface area contributed by atoms with Gasteiger partial charge in [0, 0.05) is 12.8 Å². The number of hydrogen-bond acceptors (Lipinski definition) is 11. The summed E-state index contributed by atoms with van der Waals surface area (Å²) in [5.41, 5.74) is 0. The standard InChI is InChI=1S/C42H71O12P/c1-4-5-18-26-37(44)27-20-14-10-8-11-15-21-28-38(45)29-22-17-24-31-42(48)54-40(35-53-55(49,50)52-33-39(46)32-43)34-51-41(47)30-23-16-12-7-6-9-13-19-25-36(2)3/h5,10-11,14-15,18,20-22,27-29,36-40,43-46H,4,6-9,12-13,16-17,19,23-26,30-35H2,1-3H3,(H,49,50)/b14-10-,15-11-,18-5-,27-20+,28-21+,29-22-/t37-,38-,39-,40+/m0/s1. The van der Waals surface area contributed by atoms with Gasteiger partial charge in [0.2, 0.25) is 0 Å². The smallest absolute Gasteiger partial charge is 0.462 e. The van der Waals surface area contributed by atoms with Gasteiger partial charge in [-0.15, -0.1) is 0 Å². The van der Waals surface area contributed by atoms with Crippen molar-refractivity contribution in [2.24, 2.45) is 5.92 Å². The van der Waals surface area contributed by atoms with Gasteiger partial charge in [0.15, 0.2) is 6.10 Å². The van der Waals surface area contributed by atoms with Crippen molar-refractivity contribution in [3.05, 3.63) is 72.9 Å². The Morgan fingerprint density at radius 2 is 1.31 bits per heavy atom. The van der Waals surface area contributed by atoms with Crippen LogP contribution in [0.3, 0.4) is 0 Å². The first-order valence-electron chi connectivity index (χ1n) is 20.0. The molecule has 55 heavy (non-hydrogen) atoms. The van der Waals surface area contributed by atoms with Gasteiger partial charge in [-0.1, -0.05) is 145 Å². The van der Waals surface area contributed by atoms with Gasteiger partial charge in [-0.2, -0.15) is 0 Å². The lowest BCUT2D eigenvalue weighted by Crippen LogP contribution is -2.29. The molecule has 0 aliphatic rings. The Labute approximate surface area is 330 Å². The maximum Gasteiger partial charge on any atom is 0.472 e. The number of rotatable bonds is 35. The van der Waals surface area contributed by atoms with Crippen LogP contribution in [-0.4, -0.2) is 88.1 Å². The molecule has 0 spiro atoms. The third kappa shape index (κ3) is 36.7. The molecule has 316 valence electrons. The molecule has 0 bridgehead atoms. The molecule has 0 radical (unpaired) electrons. The van der Waals surface area contributed by atoms with E-state index in [1.54, 1.807) is 30.4 Å². The molecule has 5 N–H and O–H groups in total. The average molecular weight is 799 g/mol. The predicted octanol–water partition coefficient (Wildman–Crippen LogP) is 7.90. The molecule has 0 heterocycles. The van der Waals surface area contributed by atoms with Crippen LogP contribution < -0.4 is 0 Å². The highest BCUT2D eigenvalue weighted by molar-refractivity contribution is 7.47. The Bertz CT molecular complexity index is 1190. The molecular formula is C42H71O12P. The van der Waals surface area contributed by atoms with Gasteiger partial charge in [0.25, 0.3) is 0 Å². The van der Waals surface area contributed by atoms with E-state index in [2.05, 4.69) is 18.4 Å². The van der Waals surface area contributed by atoms with Crippen LogP contribution in [0.1, 0.15) is 124 Å². The molecule has 5 atom stereocenters. The minimum atomic E-state index is -4.67. The van der Waals surface area contributed by atoms with E-state index in [0.29, 0.717) is 32.1 Å². The number of esters is 2. The number of carbonyl (C=O) groups excluding carboxylic acids is 2. The number of carbonyl (C=O) groups is 2. The first kappa shape index (κ1) is 52.3. The summed E-state index contributed by atoms with van der Waals surface area (Å²) in [4.78, 5) is 34.9. The Balaban J connectivity index is 4.63. The molecule has 13 heteroatoms. The van der Waals surface area contributed by atoms with Crippen LogP contribution in [0.5, 0.6) is 0 Å². The van der Waals surface area contributed by atoms with E-state index in [1.165, 1.54) is 32.1 Å². The van der Waals surface area contributed by atoms with E-state index >= 15 is 0 Å². The minimum absolute atomic E-state index is 0.00522. The van der Waals surface area contributed by atoms with Crippen molar-refractivity contribution in [2.45, 2.75) is 148 Å². The summed E-state index contributed by atoms with van der Waals surface area (Å²) in [5.74, 6) is -0.374. The van der Waals surface area contributed by atoms with E-state index in [1.807, 2.05) is 49.5 Å². The van der Waals surface area contributed by atoms with Crippen molar-refractivity contribution >= 4 is 19.8 Å². The molecule has 0 amide bonds. The SMILES string of the molecule is CC/C=C\C[C@H](O)/C=C/C=C\C/C=C\C=C\[C@H](O)/C=C\CCCC(=O)O[C@H](COC(=O)CCCCCCCCCCC(C)C)COP(=O)(O)OC[C@@H](O)CO. The van der Waals surface area contributed by atoms with Crippen LogP contribution in [0, 0.1) is 5.92 Å².